The van der Waals surface area contributed by atoms with Crippen molar-refractivity contribution in [2.24, 2.45) is 0 Å². The van der Waals surface area contributed by atoms with Crippen molar-refractivity contribution < 1.29 is 5.11 Å². The van der Waals surface area contributed by atoms with Crippen molar-refractivity contribution in [1.82, 2.24) is 5.32 Å². The minimum atomic E-state index is -0.193. The van der Waals surface area contributed by atoms with Crippen molar-refractivity contribution in [2.75, 3.05) is 6.54 Å². The van der Waals surface area contributed by atoms with E-state index < -0.39 is 0 Å². The summed E-state index contributed by atoms with van der Waals surface area (Å²) in [5.74, 6) is 0.561. The molecule has 0 amide bonds. The van der Waals surface area contributed by atoms with Crippen LogP contribution in [0.5, 0.6) is 0 Å². The van der Waals surface area contributed by atoms with Gasteiger partial charge in [0.15, 0.2) is 0 Å². The van der Waals surface area contributed by atoms with Crippen molar-refractivity contribution in [2.45, 2.75) is 56.6 Å². The smallest absolute Gasteiger partial charge is 0.0670 e. The summed E-state index contributed by atoms with van der Waals surface area (Å²) in [6, 6.07) is 9.45. The van der Waals surface area contributed by atoms with E-state index >= 15 is 0 Å². The van der Waals surface area contributed by atoms with Gasteiger partial charge in [0.1, 0.15) is 0 Å². The monoisotopic (exact) mass is 245 g/mol. The minimum absolute atomic E-state index is 0.193. The first-order chi connectivity index (χ1) is 8.83. The molecule has 2 atom stereocenters. The number of nitrogens with one attached hydrogen (secondary N) is 1. The van der Waals surface area contributed by atoms with Crippen LogP contribution in [0.3, 0.4) is 0 Å². The first kappa shape index (κ1) is 12.2. The molecule has 0 radical (unpaired) electrons. The van der Waals surface area contributed by atoms with Crippen LogP contribution >= 0.6 is 0 Å². The fourth-order valence-electron chi connectivity index (χ4n) is 3.10. The van der Waals surface area contributed by atoms with Gasteiger partial charge in [-0.1, -0.05) is 24.3 Å². The molecule has 2 N–H and O–H groups in total. The molecule has 1 aromatic carbocycles. The molecule has 2 aliphatic carbocycles. The van der Waals surface area contributed by atoms with Crippen LogP contribution in [-0.4, -0.2) is 23.8 Å². The Bertz CT molecular complexity index is 400. The normalized spacial score (nSPS) is 24.6. The summed E-state index contributed by atoms with van der Waals surface area (Å²) < 4.78 is 0. The lowest BCUT2D eigenvalue weighted by atomic mass is 9.80. The second-order valence-corrected chi connectivity index (χ2v) is 5.86. The quantitative estimate of drug-likeness (QED) is 0.836. The largest absolute Gasteiger partial charge is 0.392 e. The maximum Gasteiger partial charge on any atom is 0.0670 e. The van der Waals surface area contributed by atoms with Crippen LogP contribution in [0, 0.1) is 0 Å². The summed E-state index contributed by atoms with van der Waals surface area (Å²) in [5, 5.41) is 13.6. The standard InChI is InChI=1S/C16H23NO/c18-15(11-17-14-8-9-14)10-13-6-3-5-12-4-1-2-7-16(12)13/h1-2,4,7,13-15,17-18H,3,5-6,8-11H2. The maximum absolute atomic E-state index is 10.1. The molecule has 0 aliphatic heterocycles. The van der Waals surface area contributed by atoms with Gasteiger partial charge in [0.2, 0.25) is 0 Å². The molecular weight excluding hydrogens is 222 g/mol. The highest BCUT2D eigenvalue weighted by atomic mass is 16.3. The number of aliphatic hydroxyl groups is 1. The number of fused-ring (bicyclic) bond motifs is 1. The molecule has 0 spiro atoms. The van der Waals surface area contributed by atoms with E-state index in [0.717, 1.165) is 13.0 Å². The molecule has 0 aromatic heterocycles. The lowest BCUT2D eigenvalue weighted by Gasteiger charge is -2.27. The molecule has 2 heteroatoms. The van der Waals surface area contributed by atoms with E-state index in [4.69, 9.17) is 0 Å². The zero-order valence-corrected chi connectivity index (χ0v) is 10.9. The van der Waals surface area contributed by atoms with Gasteiger partial charge in [-0.05, 0) is 55.6 Å². The molecule has 1 fully saturated rings. The predicted molar refractivity (Wildman–Crippen MR) is 73.8 cm³/mol. The first-order valence-electron chi connectivity index (χ1n) is 7.32. The highest BCUT2D eigenvalue weighted by molar-refractivity contribution is 5.32. The van der Waals surface area contributed by atoms with Crippen LogP contribution in [-0.2, 0) is 6.42 Å². The highest BCUT2D eigenvalue weighted by Crippen LogP contribution is 2.34. The van der Waals surface area contributed by atoms with Gasteiger partial charge in [-0.25, -0.2) is 0 Å². The van der Waals surface area contributed by atoms with Crippen molar-refractivity contribution in [3.8, 4) is 0 Å². The Morgan fingerprint density at radius 2 is 2.06 bits per heavy atom. The second kappa shape index (κ2) is 5.41. The molecule has 1 aromatic rings. The Morgan fingerprint density at radius 1 is 1.22 bits per heavy atom. The topological polar surface area (TPSA) is 32.3 Å². The Balaban J connectivity index is 1.58. The fourth-order valence-corrected chi connectivity index (χ4v) is 3.10. The van der Waals surface area contributed by atoms with Gasteiger partial charge in [0, 0.05) is 12.6 Å². The van der Waals surface area contributed by atoms with Gasteiger partial charge in [-0.3, -0.25) is 0 Å². The molecule has 0 saturated heterocycles. The summed E-state index contributed by atoms with van der Waals surface area (Å²) >= 11 is 0. The lowest BCUT2D eigenvalue weighted by Crippen LogP contribution is -2.30. The fraction of sp³-hybridized carbons (Fsp3) is 0.625. The van der Waals surface area contributed by atoms with E-state index in [2.05, 4.69) is 29.6 Å². The molecule has 2 nitrogen and oxygen atoms in total. The Hall–Kier alpha value is -0.860. The Kier molecular flexibility index (Phi) is 3.67. The SMILES string of the molecule is OC(CNC1CC1)CC1CCCc2ccccc21. The molecule has 18 heavy (non-hydrogen) atoms. The van der Waals surface area contributed by atoms with Crippen LogP contribution in [0.2, 0.25) is 0 Å². The first-order valence-corrected chi connectivity index (χ1v) is 7.32. The summed E-state index contributed by atoms with van der Waals surface area (Å²) in [6.45, 7) is 0.767. The molecule has 0 heterocycles. The zero-order valence-electron chi connectivity index (χ0n) is 10.9. The van der Waals surface area contributed by atoms with Gasteiger partial charge < -0.3 is 10.4 Å². The van der Waals surface area contributed by atoms with Crippen LogP contribution in [0.1, 0.15) is 49.1 Å². The number of rotatable bonds is 5. The average molecular weight is 245 g/mol. The van der Waals surface area contributed by atoms with E-state index in [1.54, 1.807) is 0 Å². The summed E-state index contributed by atoms with van der Waals surface area (Å²) in [6.07, 6.45) is 7.02. The number of aryl methyl sites for hydroxylation is 1. The van der Waals surface area contributed by atoms with E-state index in [1.807, 2.05) is 0 Å². The number of aliphatic hydroxyl groups excluding tert-OH is 1. The van der Waals surface area contributed by atoms with Gasteiger partial charge in [0.05, 0.1) is 6.10 Å². The molecule has 0 bridgehead atoms. The Morgan fingerprint density at radius 3 is 2.89 bits per heavy atom. The van der Waals surface area contributed by atoms with Crippen molar-refractivity contribution in [1.29, 1.82) is 0 Å². The van der Waals surface area contributed by atoms with Crippen LogP contribution in [0.25, 0.3) is 0 Å². The molecule has 2 aliphatic rings. The highest BCUT2D eigenvalue weighted by Gasteiger charge is 2.24. The van der Waals surface area contributed by atoms with Crippen LogP contribution in [0.15, 0.2) is 24.3 Å². The van der Waals surface area contributed by atoms with Crippen molar-refractivity contribution >= 4 is 0 Å². The molecule has 3 rings (SSSR count). The van der Waals surface area contributed by atoms with Gasteiger partial charge >= 0.3 is 0 Å². The van der Waals surface area contributed by atoms with E-state index in [9.17, 15) is 5.11 Å². The van der Waals surface area contributed by atoms with Gasteiger partial charge in [0.25, 0.3) is 0 Å². The second-order valence-electron chi connectivity index (χ2n) is 5.86. The van der Waals surface area contributed by atoms with Crippen LogP contribution < -0.4 is 5.32 Å². The third-order valence-electron chi connectivity index (χ3n) is 4.27. The van der Waals surface area contributed by atoms with Gasteiger partial charge in [-0.2, -0.15) is 0 Å². The summed E-state index contributed by atoms with van der Waals surface area (Å²) in [5.41, 5.74) is 2.98. The molecule has 2 unspecified atom stereocenters. The third kappa shape index (κ3) is 2.93. The number of benzene rings is 1. The minimum Gasteiger partial charge on any atom is -0.392 e. The summed E-state index contributed by atoms with van der Waals surface area (Å²) in [7, 11) is 0. The molecule has 1 saturated carbocycles. The number of hydrogen-bond donors (Lipinski definition) is 2. The third-order valence-corrected chi connectivity index (χ3v) is 4.27. The van der Waals surface area contributed by atoms with Crippen molar-refractivity contribution in [3.05, 3.63) is 35.4 Å². The zero-order chi connectivity index (χ0) is 12.4. The van der Waals surface area contributed by atoms with E-state index in [0.29, 0.717) is 12.0 Å². The average Bonchev–Trinajstić information content (AvgIpc) is 3.21. The number of hydrogen-bond acceptors (Lipinski definition) is 2. The summed E-state index contributed by atoms with van der Waals surface area (Å²) in [4.78, 5) is 0. The Labute approximate surface area is 109 Å². The van der Waals surface area contributed by atoms with Crippen molar-refractivity contribution in [3.63, 3.8) is 0 Å². The predicted octanol–water partition coefficient (Wildman–Crippen LogP) is 2.61. The maximum atomic E-state index is 10.1. The lowest BCUT2D eigenvalue weighted by molar-refractivity contribution is 0.149. The van der Waals surface area contributed by atoms with E-state index in [1.165, 1.54) is 43.2 Å². The molecular formula is C16H23NO. The van der Waals surface area contributed by atoms with E-state index in [-0.39, 0.29) is 6.10 Å². The molecule has 98 valence electrons. The van der Waals surface area contributed by atoms with Gasteiger partial charge in [-0.15, -0.1) is 0 Å². The van der Waals surface area contributed by atoms with Crippen LogP contribution in [0.4, 0.5) is 0 Å².